The van der Waals surface area contributed by atoms with E-state index in [0.29, 0.717) is 18.1 Å². The van der Waals surface area contributed by atoms with Crippen molar-refractivity contribution in [2.24, 2.45) is 0 Å². The van der Waals surface area contributed by atoms with Crippen LogP contribution in [0.3, 0.4) is 0 Å². The number of nitrogens with one attached hydrogen (secondary N) is 1. The predicted molar refractivity (Wildman–Crippen MR) is 86.5 cm³/mol. The van der Waals surface area contributed by atoms with Crippen LogP contribution in [-0.2, 0) is 17.8 Å². The second-order valence-corrected chi connectivity index (χ2v) is 5.27. The van der Waals surface area contributed by atoms with Crippen LogP contribution in [0.4, 0.5) is 0 Å². The van der Waals surface area contributed by atoms with E-state index in [9.17, 15) is 4.79 Å². The van der Waals surface area contributed by atoms with Gasteiger partial charge >= 0.3 is 0 Å². The Balaban J connectivity index is 1.58. The van der Waals surface area contributed by atoms with Gasteiger partial charge in [0.1, 0.15) is 6.26 Å². The van der Waals surface area contributed by atoms with Gasteiger partial charge in [0.05, 0.1) is 12.1 Å². The zero-order chi connectivity index (χ0) is 16.1. The molecule has 0 saturated heterocycles. The molecule has 0 aliphatic carbocycles. The Hall–Kier alpha value is -2.95. The molecule has 0 fully saturated rings. The summed E-state index contributed by atoms with van der Waals surface area (Å²) in [6.45, 7) is 2.45. The highest BCUT2D eigenvalue weighted by molar-refractivity contribution is 5.78. The van der Waals surface area contributed by atoms with Crippen molar-refractivity contribution >= 4 is 5.91 Å². The number of amides is 1. The second-order valence-electron chi connectivity index (χ2n) is 5.27. The van der Waals surface area contributed by atoms with Gasteiger partial charge in [-0.25, -0.2) is 4.98 Å². The summed E-state index contributed by atoms with van der Waals surface area (Å²) >= 11 is 0. The fourth-order valence-electron chi connectivity index (χ4n) is 2.20. The Kier molecular flexibility index (Phi) is 4.47. The number of aryl methyl sites for hydroxylation is 1. The van der Waals surface area contributed by atoms with Gasteiger partial charge in [0, 0.05) is 24.5 Å². The maximum Gasteiger partial charge on any atom is 0.226 e. The van der Waals surface area contributed by atoms with Gasteiger partial charge in [0.2, 0.25) is 11.8 Å². The average molecular weight is 307 g/mol. The van der Waals surface area contributed by atoms with Crippen LogP contribution in [0.15, 0.2) is 59.5 Å². The SMILES string of the molecule is Cc1ccncc1CNC(=O)Cc1coc(-c2ccccc2)n1. The molecule has 3 aromatic rings. The Bertz CT molecular complexity index is 797. The Morgan fingerprint density at radius 3 is 2.83 bits per heavy atom. The van der Waals surface area contributed by atoms with E-state index in [2.05, 4.69) is 15.3 Å². The van der Waals surface area contributed by atoms with Crippen molar-refractivity contribution in [3.63, 3.8) is 0 Å². The summed E-state index contributed by atoms with van der Waals surface area (Å²) in [5, 5.41) is 2.88. The van der Waals surface area contributed by atoms with Crippen molar-refractivity contribution in [1.29, 1.82) is 0 Å². The minimum atomic E-state index is -0.0961. The van der Waals surface area contributed by atoms with Crippen molar-refractivity contribution < 1.29 is 9.21 Å². The molecule has 0 spiro atoms. The van der Waals surface area contributed by atoms with Crippen molar-refractivity contribution in [3.8, 4) is 11.5 Å². The average Bonchev–Trinajstić information content (AvgIpc) is 3.03. The monoisotopic (exact) mass is 307 g/mol. The standard InChI is InChI=1S/C18H17N3O2/c1-13-7-8-19-10-15(13)11-20-17(22)9-16-12-23-18(21-16)14-5-3-2-4-6-14/h2-8,10,12H,9,11H2,1H3,(H,20,22). The minimum Gasteiger partial charge on any atom is -0.444 e. The van der Waals surface area contributed by atoms with E-state index in [0.717, 1.165) is 16.7 Å². The molecule has 0 aliphatic heterocycles. The third kappa shape index (κ3) is 3.83. The van der Waals surface area contributed by atoms with Crippen molar-refractivity contribution in [3.05, 3.63) is 71.9 Å². The Morgan fingerprint density at radius 1 is 1.22 bits per heavy atom. The van der Waals surface area contributed by atoms with Crippen LogP contribution in [0, 0.1) is 6.92 Å². The lowest BCUT2D eigenvalue weighted by atomic mass is 10.1. The maximum absolute atomic E-state index is 12.0. The summed E-state index contributed by atoms with van der Waals surface area (Å²) in [5.41, 5.74) is 3.62. The first-order valence-corrected chi connectivity index (χ1v) is 7.38. The van der Waals surface area contributed by atoms with E-state index in [4.69, 9.17) is 4.42 Å². The largest absolute Gasteiger partial charge is 0.444 e. The number of hydrogen-bond acceptors (Lipinski definition) is 4. The van der Waals surface area contributed by atoms with Gasteiger partial charge in [-0.2, -0.15) is 0 Å². The van der Waals surface area contributed by atoms with E-state index in [1.807, 2.05) is 43.3 Å². The highest BCUT2D eigenvalue weighted by atomic mass is 16.3. The molecule has 1 aromatic carbocycles. The fraction of sp³-hybridized carbons (Fsp3) is 0.167. The molecule has 0 aliphatic rings. The van der Waals surface area contributed by atoms with Gasteiger partial charge in [0.25, 0.3) is 0 Å². The first kappa shape index (κ1) is 15.0. The number of carbonyl (C=O) groups excluding carboxylic acids is 1. The first-order valence-electron chi connectivity index (χ1n) is 7.38. The lowest BCUT2D eigenvalue weighted by molar-refractivity contribution is -0.120. The second kappa shape index (κ2) is 6.87. The maximum atomic E-state index is 12.0. The molecule has 0 bridgehead atoms. The normalized spacial score (nSPS) is 10.5. The zero-order valence-corrected chi connectivity index (χ0v) is 12.8. The van der Waals surface area contributed by atoms with Gasteiger partial charge in [-0.3, -0.25) is 9.78 Å². The van der Waals surface area contributed by atoms with Gasteiger partial charge in [-0.05, 0) is 36.2 Å². The molecule has 5 heteroatoms. The predicted octanol–water partition coefficient (Wildman–Crippen LogP) is 2.90. The summed E-state index contributed by atoms with van der Waals surface area (Å²) in [4.78, 5) is 20.4. The lowest BCUT2D eigenvalue weighted by Crippen LogP contribution is -2.25. The van der Waals surface area contributed by atoms with E-state index in [1.54, 1.807) is 12.4 Å². The molecular weight excluding hydrogens is 290 g/mol. The van der Waals surface area contributed by atoms with Crippen LogP contribution in [-0.4, -0.2) is 15.9 Å². The van der Waals surface area contributed by atoms with Gasteiger partial charge < -0.3 is 9.73 Å². The van der Waals surface area contributed by atoms with Crippen LogP contribution < -0.4 is 5.32 Å². The molecule has 1 N–H and O–H groups in total. The van der Waals surface area contributed by atoms with E-state index >= 15 is 0 Å². The number of pyridine rings is 1. The summed E-state index contributed by atoms with van der Waals surface area (Å²) in [6.07, 6.45) is 5.22. The molecule has 2 heterocycles. The number of carbonyl (C=O) groups is 1. The van der Waals surface area contributed by atoms with Gasteiger partial charge in [-0.15, -0.1) is 0 Å². The Labute approximate surface area is 134 Å². The van der Waals surface area contributed by atoms with Crippen LogP contribution >= 0.6 is 0 Å². The molecular formula is C18H17N3O2. The number of hydrogen-bond donors (Lipinski definition) is 1. The van der Waals surface area contributed by atoms with Crippen LogP contribution in [0.5, 0.6) is 0 Å². The minimum absolute atomic E-state index is 0.0961. The molecule has 0 atom stereocenters. The fourth-order valence-corrected chi connectivity index (χ4v) is 2.20. The molecule has 1 amide bonds. The highest BCUT2D eigenvalue weighted by Gasteiger charge is 2.10. The summed E-state index contributed by atoms with van der Waals surface area (Å²) in [7, 11) is 0. The third-order valence-corrected chi connectivity index (χ3v) is 3.54. The third-order valence-electron chi connectivity index (χ3n) is 3.54. The van der Waals surface area contributed by atoms with E-state index < -0.39 is 0 Å². The highest BCUT2D eigenvalue weighted by Crippen LogP contribution is 2.18. The number of benzene rings is 1. The number of oxazole rings is 1. The smallest absolute Gasteiger partial charge is 0.226 e. The Morgan fingerprint density at radius 2 is 2.04 bits per heavy atom. The molecule has 116 valence electrons. The molecule has 23 heavy (non-hydrogen) atoms. The van der Waals surface area contributed by atoms with Gasteiger partial charge in [-0.1, -0.05) is 18.2 Å². The first-order chi connectivity index (χ1) is 11.2. The van der Waals surface area contributed by atoms with Crippen LogP contribution in [0.2, 0.25) is 0 Å². The van der Waals surface area contributed by atoms with Crippen molar-refractivity contribution in [2.45, 2.75) is 19.9 Å². The molecule has 5 nitrogen and oxygen atoms in total. The molecule has 0 unspecified atom stereocenters. The molecule has 0 saturated carbocycles. The van der Waals surface area contributed by atoms with Gasteiger partial charge in [0.15, 0.2) is 0 Å². The van der Waals surface area contributed by atoms with Crippen molar-refractivity contribution in [2.75, 3.05) is 0 Å². The van der Waals surface area contributed by atoms with Crippen LogP contribution in [0.1, 0.15) is 16.8 Å². The summed E-state index contributed by atoms with van der Waals surface area (Å²) in [6, 6.07) is 11.5. The number of rotatable bonds is 5. The lowest BCUT2D eigenvalue weighted by Gasteiger charge is -2.06. The van der Waals surface area contributed by atoms with Crippen molar-refractivity contribution in [1.82, 2.24) is 15.3 Å². The summed E-state index contributed by atoms with van der Waals surface area (Å²) < 4.78 is 5.43. The zero-order valence-electron chi connectivity index (χ0n) is 12.8. The molecule has 0 radical (unpaired) electrons. The van der Waals surface area contributed by atoms with Crippen LogP contribution in [0.25, 0.3) is 11.5 Å². The molecule has 3 rings (SSSR count). The van der Waals surface area contributed by atoms with E-state index in [1.165, 1.54) is 6.26 Å². The molecule has 2 aromatic heterocycles. The quantitative estimate of drug-likeness (QED) is 0.787. The topological polar surface area (TPSA) is 68.0 Å². The van der Waals surface area contributed by atoms with E-state index in [-0.39, 0.29) is 12.3 Å². The number of aromatic nitrogens is 2. The summed E-state index contributed by atoms with van der Waals surface area (Å²) in [5.74, 6) is 0.428. The number of nitrogens with zero attached hydrogens (tertiary/aromatic N) is 2.